The maximum absolute atomic E-state index is 2.53. The molecule has 5 saturated heterocycles. The first-order chi connectivity index (χ1) is 3.97. The van der Waals surface area contributed by atoms with Crippen molar-refractivity contribution in [3.8, 4) is 0 Å². The molecule has 0 aromatic carbocycles. The molecule has 5 heterocycles. The molecule has 0 aromatic rings. The summed E-state index contributed by atoms with van der Waals surface area (Å²) in [6.45, 7) is 2.71. The van der Waals surface area contributed by atoms with Gasteiger partial charge in [-0.25, -0.2) is 10.0 Å². The van der Waals surface area contributed by atoms with Crippen molar-refractivity contribution in [2.24, 2.45) is 0 Å². The van der Waals surface area contributed by atoms with E-state index in [1.807, 2.05) is 0 Å². The van der Waals surface area contributed by atoms with E-state index < -0.39 is 0 Å². The second-order valence-electron chi connectivity index (χ2n) is 3.04. The molecule has 4 unspecified atom stereocenters. The van der Waals surface area contributed by atoms with Crippen molar-refractivity contribution in [1.29, 1.82) is 0 Å². The molecule has 0 aliphatic carbocycles. The van der Waals surface area contributed by atoms with E-state index in [-0.39, 0.29) is 0 Å². The Morgan fingerprint density at radius 2 is 1.38 bits per heavy atom. The topological polar surface area (TPSA) is 6.48 Å². The molecule has 2 nitrogen and oxygen atoms in total. The first kappa shape index (κ1) is 3.85. The molecule has 2 heteroatoms. The third-order valence-corrected chi connectivity index (χ3v) is 2.85. The van der Waals surface area contributed by atoms with Crippen LogP contribution in [0.4, 0.5) is 0 Å². The van der Waals surface area contributed by atoms with Gasteiger partial charge in [0.1, 0.15) is 0 Å². The van der Waals surface area contributed by atoms with Gasteiger partial charge in [0, 0.05) is 25.2 Å². The highest BCUT2D eigenvalue weighted by molar-refractivity contribution is 5.06. The second kappa shape index (κ2) is 0.957. The summed E-state index contributed by atoms with van der Waals surface area (Å²) in [5, 5.41) is 5.06. The number of hydrogen-bond acceptors (Lipinski definition) is 2. The molecular weight excluding hydrogens is 100 g/mol. The molecule has 0 spiro atoms. The Balaban J connectivity index is 2.07. The Morgan fingerprint density at radius 3 is 1.62 bits per heavy atom. The molecule has 4 atom stereocenters. The van der Waals surface area contributed by atoms with Gasteiger partial charge in [-0.05, 0) is 12.8 Å². The van der Waals surface area contributed by atoms with Crippen LogP contribution in [0.2, 0.25) is 0 Å². The average molecular weight is 110 g/mol. The van der Waals surface area contributed by atoms with E-state index in [1.165, 1.54) is 25.9 Å². The summed E-state index contributed by atoms with van der Waals surface area (Å²) in [6.07, 6.45) is 2.90. The number of hydrogen-bond donors (Lipinski definition) is 0. The van der Waals surface area contributed by atoms with Gasteiger partial charge in [-0.15, -0.1) is 0 Å². The van der Waals surface area contributed by atoms with Crippen LogP contribution in [0.5, 0.6) is 0 Å². The summed E-state index contributed by atoms with van der Waals surface area (Å²) < 4.78 is 0. The van der Waals surface area contributed by atoms with Crippen molar-refractivity contribution in [3.63, 3.8) is 0 Å². The summed E-state index contributed by atoms with van der Waals surface area (Å²) in [6, 6.07) is 1.99. The molecule has 5 aliphatic rings. The minimum absolute atomic E-state index is 0.995. The highest BCUT2D eigenvalue weighted by atomic mass is 15.8. The summed E-state index contributed by atoms with van der Waals surface area (Å²) in [5.74, 6) is 0. The van der Waals surface area contributed by atoms with Gasteiger partial charge in [-0.2, -0.15) is 0 Å². The number of fused-ring (bicyclic) bond motifs is 2. The van der Waals surface area contributed by atoms with Crippen molar-refractivity contribution in [3.05, 3.63) is 0 Å². The van der Waals surface area contributed by atoms with Gasteiger partial charge < -0.3 is 0 Å². The Bertz CT molecular complexity index is 94.5. The fraction of sp³-hybridized carbons (Fsp3) is 1.00. The third-order valence-electron chi connectivity index (χ3n) is 2.85. The van der Waals surface area contributed by atoms with E-state index in [1.54, 1.807) is 0 Å². The molecule has 44 valence electrons. The van der Waals surface area contributed by atoms with Crippen LogP contribution >= 0.6 is 0 Å². The number of rotatable bonds is 0. The first-order valence-electron chi connectivity index (χ1n) is 3.50. The van der Waals surface area contributed by atoms with Gasteiger partial charge in [0.05, 0.1) is 0 Å². The van der Waals surface area contributed by atoms with Crippen molar-refractivity contribution in [2.75, 3.05) is 13.1 Å². The standard InChI is InChI=1S/C6H10N2/c1-3-7-6-2-4-8(7)5(1)6/h5-6H,1-4H2. The van der Waals surface area contributed by atoms with Gasteiger partial charge in [0.25, 0.3) is 0 Å². The van der Waals surface area contributed by atoms with Crippen molar-refractivity contribution >= 4 is 0 Å². The molecule has 0 radical (unpaired) electrons. The summed E-state index contributed by atoms with van der Waals surface area (Å²) in [4.78, 5) is 0. The Labute approximate surface area is 49.0 Å². The zero-order chi connectivity index (χ0) is 5.14. The summed E-state index contributed by atoms with van der Waals surface area (Å²) >= 11 is 0. The van der Waals surface area contributed by atoms with Crippen LogP contribution in [0.3, 0.4) is 0 Å². The molecule has 0 amide bonds. The van der Waals surface area contributed by atoms with Crippen LogP contribution in [0, 0.1) is 0 Å². The maximum atomic E-state index is 2.53. The van der Waals surface area contributed by atoms with Crippen molar-refractivity contribution < 1.29 is 0 Å². The number of hydrazine groups is 1. The Kier molecular flexibility index (Phi) is 0.461. The number of nitrogens with zero attached hydrogens (tertiary/aromatic N) is 2. The van der Waals surface area contributed by atoms with Gasteiger partial charge in [0.15, 0.2) is 0 Å². The fourth-order valence-corrected chi connectivity index (χ4v) is 2.51. The van der Waals surface area contributed by atoms with Crippen LogP contribution < -0.4 is 0 Å². The van der Waals surface area contributed by atoms with E-state index in [4.69, 9.17) is 0 Å². The van der Waals surface area contributed by atoms with Gasteiger partial charge in [-0.1, -0.05) is 0 Å². The third kappa shape index (κ3) is 0.213. The van der Waals surface area contributed by atoms with Crippen LogP contribution in [-0.2, 0) is 0 Å². The zero-order valence-electron chi connectivity index (χ0n) is 4.88. The quantitative estimate of drug-likeness (QED) is 0.435. The minimum atomic E-state index is 0.995. The molecule has 4 bridgehead atoms. The summed E-state index contributed by atoms with van der Waals surface area (Å²) in [5.41, 5.74) is 0. The molecule has 5 aliphatic heterocycles. The fourth-order valence-electron chi connectivity index (χ4n) is 2.51. The van der Waals surface area contributed by atoms with E-state index in [9.17, 15) is 0 Å². The van der Waals surface area contributed by atoms with Crippen LogP contribution in [-0.4, -0.2) is 35.2 Å². The normalized spacial score (nSPS) is 66.0. The van der Waals surface area contributed by atoms with Crippen LogP contribution in [0.25, 0.3) is 0 Å². The largest absolute Gasteiger partial charge is 0.237 e. The highest BCUT2D eigenvalue weighted by Crippen LogP contribution is 2.43. The van der Waals surface area contributed by atoms with E-state index in [0.29, 0.717) is 0 Å². The van der Waals surface area contributed by atoms with Crippen molar-refractivity contribution in [1.82, 2.24) is 10.0 Å². The molecular formula is C6H10N2. The van der Waals surface area contributed by atoms with E-state index >= 15 is 0 Å². The SMILES string of the molecule is C1CN2C3CCN2C13. The lowest BCUT2D eigenvalue weighted by atomic mass is 10.1. The molecule has 0 aromatic heterocycles. The monoisotopic (exact) mass is 110 g/mol. The Morgan fingerprint density at radius 1 is 0.875 bits per heavy atom. The second-order valence-corrected chi connectivity index (χ2v) is 3.04. The van der Waals surface area contributed by atoms with Crippen LogP contribution in [0.15, 0.2) is 0 Å². The predicted octanol–water partition coefficient (Wildman–Crippen LogP) is 0.0636. The minimum Gasteiger partial charge on any atom is -0.237 e. The highest BCUT2D eigenvalue weighted by Gasteiger charge is 2.56. The average Bonchev–Trinajstić information content (AvgIpc) is 2.39. The van der Waals surface area contributed by atoms with Gasteiger partial charge >= 0.3 is 0 Å². The molecule has 0 saturated carbocycles. The lowest BCUT2D eigenvalue weighted by Gasteiger charge is -2.40. The Hall–Kier alpha value is -0.0800. The molecule has 0 N–H and O–H groups in total. The van der Waals surface area contributed by atoms with E-state index in [2.05, 4.69) is 10.0 Å². The lowest BCUT2D eigenvalue weighted by Crippen LogP contribution is -2.55. The zero-order valence-corrected chi connectivity index (χ0v) is 4.88. The van der Waals surface area contributed by atoms with E-state index in [0.717, 1.165) is 12.1 Å². The van der Waals surface area contributed by atoms with Gasteiger partial charge in [0.2, 0.25) is 0 Å². The predicted molar refractivity (Wildman–Crippen MR) is 30.2 cm³/mol. The van der Waals surface area contributed by atoms with Crippen molar-refractivity contribution in [2.45, 2.75) is 24.9 Å². The lowest BCUT2D eigenvalue weighted by molar-refractivity contribution is -0.0854. The van der Waals surface area contributed by atoms with Gasteiger partial charge in [-0.3, -0.25) is 0 Å². The molecule has 8 heavy (non-hydrogen) atoms. The maximum Gasteiger partial charge on any atom is 0.0428 e. The van der Waals surface area contributed by atoms with Crippen LogP contribution in [0.1, 0.15) is 12.8 Å². The smallest absolute Gasteiger partial charge is 0.0428 e. The molecule has 5 fully saturated rings. The summed E-state index contributed by atoms with van der Waals surface area (Å²) in [7, 11) is 0. The molecule has 5 rings (SSSR count). The first-order valence-corrected chi connectivity index (χ1v) is 3.50.